The lowest BCUT2D eigenvalue weighted by atomic mass is 10.1. The van der Waals surface area contributed by atoms with Gasteiger partial charge in [0.05, 0.1) is 31.4 Å². The highest BCUT2D eigenvalue weighted by Gasteiger charge is 2.34. The monoisotopic (exact) mass is 356 g/mol. The van der Waals surface area contributed by atoms with Crippen molar-refractivity contribution in [1.29, 1.82) is 0 Å². The lowest BCUT2D eigenvalue weighted by molar-refractivity contribution is -0.128. The lowest BCUT2D eigenvalue weighted by Crippen LogP contribution is -2.28. The molecule has 26 heavy (non-hydrogen) atoms. The Balaban J connectivity index is 1.67. The molecule has 2 aromatic rings. The molecule has 0 unspecified atom stereocenters. The number of benzene rings is 1. The number of methoxy groups -OCH3 is 1. The highest BCUT2D eigenvalue weighted by Crippen LogP contribution is 2.24. The molecule has 1 aromatic carbocycles. The van der Waals surface area contributed by atoms with E-state index in [0.717, 1.165) is 5.56 Å². The molecule has 1 atom stereocenters. The summed E-state index contributed by atoms with van der Waals surface area (Å²) in [5.74, 6) is -0.562. The number of nitrogens with one attached hydrogen (secondary N) is 1. The van der Waals surface area contributed by atoms with Gasteiger partial charge in [-0.2, -0.15) is 0 Å². The van der Waals surface area contributed by atoms with Gasteiger partial charge in [0.15, 0.2) is 0 Å². The molecule has 0 bridgehead atoms. The van der Waals surface area contributed by atoms with Gasteiger partial charge < -0.3 is 19.4 Å². The van der Waals surface area contributed by atoms with Gasteiger partial charge in [-0.25, -0.2) is 4.79 Å². The van der Waals surface area contributed by atoms with Crippen LogP contribution in [-0.2, 0) is 20.9 Å². The first kappa shape index (κ1) is 17.7. The van der Waals surface area contributed by atoms with Crippen LogP contribution in [0.3, 0.4) is 0 Å². The van der Waals surface area contributed by atoms with Gasteiger partial charge in [-0.1, -0.05) is 6.07 Å². The number of furan rings is 1. The lowest BCUT2D eigenvalue weighted by Gasteiger charge is -2.16. The molecule has 0 aliphatic carbocycles. The number of hydrogen-bond acceptors (Lipinski definition) is 5. The van der Waals surface area contributed by atoms with Crippen molar-refractivity contribution >= 4 is 23.5 Å². The summed E-state index contributed by atoms with van der Waals surface area (Å²) in [5, 5.41) is 2.82. The maximum absolute atomic E-state index is 12.6. The average Bonchev–Trinajstić information content (AvgIpc) is 3.27. The van der Waals surface area contributed by atoms with Crippen LogP contribution in [0.1, 0.15) is 28.1 Å². The van der Waals surface area contributed by atoms with E-state index in [0.29, 0.717) is 30.1 Å². The molecule has 7 nitrogen and oxygen atoms in total. The maximum Gasteiger partial charge on any atom is 0.337 e. The molecule has 1 aliphatic heterocycles. The first-order valence-corrected chi connectivity index (χ1v) is 8.28. The van der Waals surface area contributed by atoms with Gasteiger partial charge >= 0.3 is 5.97 Å². The van der Waals surface area contributed by atoms with Gasteiger partial charge in [-0.15, -0.1) is 0 Å². The van der Waals surface area contributed by atoms with Crippen molar-refractivity contribution < 1.29 is 23.5 Å². The van der Waals surface area contributed by atoms with E-state index in [1.807, 2.05) is 6.92 Å². The number of nitrogens with zero attached hydrogens (tertiary/aromatic N) is 1. The fourth-order valence-electron chi connectivity index (χ4n) is 2.93. The van der Waals surface area contributed by atoms with Crippen molar-refractivity contribution in [2.75, 3.05) is 19.0 Å². The molecular formula is C19H20N2O5. The van der Waals surface area contributed by atoms with Crippen LogP contribution in [-0.4, -0.2) is 36.3 Å². The zero-order valence-corrected chi connectivity index (χ0v) is 14.7. The molecule has 3 rings (SSSR count). The Kier molecular flexibility index (Phi) is 5.06. The molecule has 1 N–H and O–H groups in total. The topological polar surface area (TPSA) is 88.8 Å². The fourth-order valence-corrected chi connectivity index (χ4v) is 2.93. The molecule has 2 heterocycles. The normalized spacial score (nSPS) is 16.6. The van der Waals surface area contributed by atoms with Crippen LogP contribution in [0.2, 0.25) is 0 Å². The SMILES string of the molecule is COC(=O)c1ccc(C)c(NC(=O)[C@@H]2CC(=O)N(Cc3ccco3)C2)c1. The molecule has 0 saturated carbocycles. The number of likely N-dealkylation sites (tertiary alicyclic amines) is 1. The fraction of sp³-hybridized carbons (Fsp3) is 0.316. The summed E-state index contributed by atoms with van der Waals surface area (Å²) in [7, 11) is 1.30. The summed E-state index contributed by atoms with van der Waals surface area (Å²) in [6.07, 6.45) is 1.71. The van der Waals surface area contributed by atoms with Gasteiger partial charge in [0.1, 0.15) is 5.76 Å². The smallest absolute Gasteiger partial charge is 0.337 e. The number of ether oxygens (including phenoxy) is 1. The molecule has 0 spiro atoms. The predicted octanol–water partition coefficient (Wildman–Crippen LogP) is 2.36. The van der Waals surface area contributed by atoms with Crippen LogP contribution in [0, 0.1) is 12.8 Å². The Hall–Kier alpha value is -3.09. The largest absolute Gasteiger partial charge is 0.467 e. The van der Waals surface area contributed by atoms with E-state index in [9.17, 15) is 14.4 Å². The summed E-state index contributed by atoms with van der Waals surface area (Å²) < 4.78 is 9.96. The number of anilines is 1. The van der Waals surface area contributed by atoms with Gasteiger partial charge in [-0.05, 0) is 36.8 Å². The van der Waals surface area contributed by atoms with E-state index in [4.69, 9.17) is 9.15 Å². The van der Waals surface area contributed by atoms with Gasteiger partial charge in [0, 0.05) is 18.7 Å². The van der Waals surface area contributed by atoms with Crippen LogP contribution in [0.4, 0.5) is 5.69 Å². The van der Waals surface area contributed by atoms with Crippen LogP contribution >= 0.6 is 0 Å². The number of rotatable bonds is 5. The Morgan fingerprint density at radius 2 is 2.15 bits per heavy atom. The standard InChI is InChI=1S/C19H20N2O5/c1-12-5-6-13(19(24)25-2)8-16(12)20-18(23)14-9-17(22)21(10-14)11-15-4-3-7-26-15/h3-8,14H,9-11H2,1-2H3,(H,20,23)/t14-/m1/s1. The molecule has 1 saturated heterocycles. The zero-order valence-electron chi connectivity index (χ0n) is 14.7. The van der Waals surface area contributed by atoms with Crippen molar-refractivity contribution in [3.05, 3.63) is 53.5 Å². The average molecular weight is 356 g/mol. The first-order valence-electron chi connectivity index (χ1n) is 8.28. The first-order chi connectivity index (χ1) is 12.5. The Bertz CT molecular complexity index is 828. The quantitative estimate of drug-likeness (QED) is 0.831. The summed E-state index contributed by atoms with van der Waals surface area (Å²) in [4.78, 5) is 38.0. The Morgan fingerprint density at radius 3 is 2.85 bits per heavy atom. The highest BCUT2D eigenvalue weighted by atomic mass is 16.5. The van der Waals surface area contributed by atoms with E-state index in [1.54, 1.807) is 41.5 Å². The second-order valence-corrected chi connectivity index (χ2v) is 6.27. The molecule has 1 aromatic heterocycles. The molecule has 1 aliphatic rings. The van der Waals surface area contributed by atoms with Gasteiger partial charge in [0.2, 0.25) is 11.8 Å². The minimum Gasteiger partial charge on any atom is -0.467 e. The Morgan fingerprint density at radius 1 is 1.35 bits per heavy atom. The maximum atomic E-state index is 12.6. The molecule has 136 valence electrons. The minimum atomic E-state index is -0.471. The third kappa shape index (κ3) is 3.77. The molecular weight excluding hydrogens is 336 g/mol. The van der Waals surface area contributed by atoms with Crippen molar-refractivity contribution in [3.8, 4) is 0 Å². The summed E-state index contributed by atoms with van der Waals surface area (Å²) in [5.41, 5.74) is 1.72. The van der Waals surface area contributed by atoms with Crippen LogP contribution < -0.4 is 5.32 Å². The number of carbonyl (C=O) groups is 3. The number of aryl methyl sites for hydroxylation is 1. The van der Waals surface area contributed by atoms with Crippen LogP contribution in [0.25, 0.3) is 0 Å². The third-order valence-corrected chi connectivity index (χ3v) is 4.43. The van der Waals surface area contributed by atoms with E-state index in [2.05, 4.69) is 5.32 Å². The van der Waals surface area contributed by atoms with Gasteiger partial charge in [-0.3, -0.25) is 9.59 Å². The second kappa shape index (κ2) is 7.43. The predicted molar refractivity (Wildman–Crippen MR) is 93.4 cm³/mol. The van der Waals surface area contributed by atoms with Crippen molar-refractivity contribution in [2.24, 2.45) is 5.92 Å². The third-order valence-electron chi connectivity index (χ3n) is 4.43. The molecule has 2 amide bonds. The Labute approximate surface area is 150 Å². The summed E-state index contributed by atoms with van der Waals surface area (Å²) in [6, 6.07) is 8.52. The summed E-state index contributed by atoms with van der Waals surface area (Å²) in [6.45, 7) is 2.52. The number of carbonyl (C=O) groups excluding carboxylic acids is 3. The molecule has 7 heteroatoms. The van der Waals surface area contributed by atoms with E-state index >= 15 is 0 Å². The van der Waals surface area contributed by atoms with E-state index < -0.39 is 11.9 Å². The van der Waals surface area contributed by atoms with Crippen molar-refractivity contribution in [3.63, 3.8) is 0 Å². The van der Waals surface area contributed by atoms with Crippen LogP contribution in [0.5, 0.6) is 0 Å². The van der Waals surface area contributed by atoms with Crippen molar-refractivity contribution in [1.82, 2.24) is 4.90 Å². The van der Waals surface area contributed by atoms with Gasteiger partial charge in [0.25, 0.3) is 0 Å². The minimum absolute atomic E-state index is 0.0819. The highest BCUT2D eigenvalue weighted by molar-refractivity contribution is 5.99. The molecule has 0 radical (unpaired) electrons. The number of hydrogen-bond donors (Lipinski definition) is 1. The zero-order chi connectivity index (χ0) is 18.7. The van der Waals surface area contributed by atoms with E-state index in [1.165, 1.54) is 7.11 Å². The number of amides is 2. The molecule has 1 fully saturated rings. The second-order valence-electron chi connectivity index (χ2n) is 6.27. The van der Waals surface area contributed by atoms with E-state index in [-0.39, 0.29) is 18.2 Å². The summed E-state index contributed by atoms with van der Waals surface area (Å²) >= 11 is 0. The van der Waals surface area contributed by atoms with Crippen LogP contribution in [0.15, 0.2) is 41.0 Å². The number of esters is 1. The van der Waals surface area contributed by atoms with Crippen molar-refractivity contribution in [2.45, 2.75) is 19.9 Å².